The molecule has 2 aliphatic heterocycles. The van der Waals surface area contributed by atoms with Crippen LogP contribution in [0.5, 0.6) is 11.8 Å². The van der Waals surface area contributed by atoms with E-state index in [1.54, 1.807) is 26.6 Å². The Hall–Kier alpha value is -3.87. The van der Waals surface area contributed by atoms with Crippen LogP contribution >= 0.6 is 23.2 Å². The number of methoxy groups -OCH3 is 2. The van der Waals surface area contributed by atoms with Crippen LogP contribution in [0.25, 0.3) is 33.6 Å². The lowest BCUT2D eigenvalue weighted by Crippen LogP contribution is -2.42. The minimum absolute atomic E-state index is 0.0831. The molecule has 48 heavy (non-hydrogen) atoms. The van der Waals surface area contributed by atoms with Crippen molar-refractivity contribution in [1.29, 1.82) is 0 Å². The second-order valence-electron chi connectivity index (χ2n) is 12.5. The molecule has 252 valence electrons. The van der Waals surface area contributed by atoms with Crippen molar-refractivity contribution in [1.82, 2.24) is 35.5 Å². The number of benzene rings is 2. The van der Waals surface area contributed by atoms with Gasteiger partial charge in [-0.3, -0.25) is 19.7 Å². The van der Waals surface area contributed by atoms with Crippen LogP contribution in [0.1, 0.15) is 44.0 Å². The lowest BCUT2D eigenvalue weighted by atomic mass is 9.94. The summed E-state index contributed by atoms with van der Waals surface area (Å²) in [5.74, 6) is 0.905. The van der Waals surface area contributed by atoms with Crippen molar-refractivity contribution in [3.8, 4) is 45.4 Å². The first-order chi connectivity index (χ1) is 23.2. The van der Waals surface area contributed by atoms with Crippen LogP contribution in [0.4, 0.5) is 0 Å². The van der Waals surface area contributed by atoms with E-state index < -0.39 is 5.60 Å². The molecule has 2 aromatic carbocycles. The number of amides is 1. The van der Waals surface area contributed by atoms with Gasteiger partial charge in [0, 0.05) is 67.4 Å². The Labute approximate surface area is 290 Å². The Bertz CT molecular complexity index is 1800. The minimum atomic E-state index is -0.625. The van der Waals surface area contributed by atoms with Crippen molar-refractivity contribution in [2.24, 2.45) is 0 Å². The van der Waals surface area contributed by atoms with Gasteiger partial charge in [0.25, 0.3) is 0 Å². The van der Waals surface area contributed by atoms with Crippen LogP contribution in [0, 0.1) is 0 Å². The summed E-state index contributed by atoms with van der Waals surface area (Å²) >= 11 is 14.1. The number of hydrogen-bond acceptors (Lipinski definition) is 10. The van der Waals surface area contributed by atoms with Gasteiger partial charge in [-0.05, 0) is 26.2 Å². The monoisotopic (exact) mass is 691 g/mol. The fourth-order valence-electron chi connectivity index (χ4n) is 6.09. The summed E-state index contributed by atoms with van der Waals surface area (Å²) in [5.41, 5.74) is 4.71. The van der Waals surface area contributed by atoms with Gasteiger partial charge in [0.05, 0.1) is 53.6 Å². The zero-order valence-corrected chi connectivity index (χ0v) is 28.7. The normalized spacial score (nSPS) is 17.7. The maximum Gasteiger partial charge on any atom is 0.237 e. The fraction of sp³-hybridized carbons (Fsp3) is 0.400. The molecule has 4 heterocycles. The molecule has 1 amide bonds. The summed E-state index contributed by atoms with van der Waals surface area (Å²) in [6.07, 6.45) is 6.17. The molecule has 0 radical (unpaired) electrons. The molecule has 0 bridgehead atoms. The predicted octanol–water partition coefficient (Wildman–Crippen LogP) is 5.31. The number of likely N-dealkylation sites (tertiary alicyclic amines) is 1. The highest BCUT2D eigenvalue weighted by Gasteiger charge is 2.28. The van der Waals surface area contributed by atoms with E-state index in [1.807, 2.05) is 43.3 Å². The first-order valence-corrected chi connectivity index (χ1v) is 16.7. The smallest absolute Gasteiger partial charge is 0.237 e. The van der Waals surface area contributed by atoms with Crippen LogP contribution in [-0.2, 0) is 17.9 Å². The molecule has 0 spiro atoms. The largest absolute Gasteiger partial charge is 0.480 e. The molecule has 3 N–H and O–H groups in total. The topological polar surface area (TPSA) is 135 Å². The van der Waals surface area contributed by atoms with Crippen molar-refractivity contribution >= 4 is 29.1 Å². The molecular weight excluding hydrogens is 653 g/mol. The number of carbonyl (C=O) groups excluding carboxylic acids is 1. The third-order valence-electron chi connectivity index (χ3n) is 8.92. The Morgan fingerprint density at radius 3 is 2.00 bits per heavy atom. The zero-order chi connectivity index (χ0) is 33.8. The summed E-state index contributed by atoms with van der Waals surface area (Å²) in [5, 5.41) is 17.5. The van der Waals surface area contributed by atoms with Crippen LogP contribution in [0.3, 0.4) is 0 Å². The summed E-state index contributed by atoms with van der Waals surface area (Å²) < 4.78 is 11.2. The average Bonchev–Trinajstić information content (AvgIpc) is 3.51. The van der Waals surface area contributed by atoms with Gasteiger partial charge in [-0.2, -0.15) is 0 Å². The van der Waals surface area contributed by atoms with Crippen LogP contribution in [0.15, 0.2) is 48.8 Å². The fourth-order valence-corrected chi connectivity index (χ4v) is 6.74. The van der Waals surface area contributed by atoms with E-state index in [4.69, 9.17) is 47.6 Å². The molecule has 1 atom stereocenters. The number of nitrogens with zero attached hydrogens (tertiary/aromatic N) is 5. The Balaban J connectivity index is 1.23. The first-order valence-electron chi connectivity index (χ1n) is 16.0. The second kappa shape index (κ2) is 14.7. The molecule has 13 heteroatoms. The highest BCUT2D eigenvalue weighted by atomic mass is 35.5. The van der Waals surface area contributed by atoms with Crippen molar-refractivity contribution in [3.63, 3.8) is 0 Å². The highest BCUT2D eigenvalue weighted by Crippen LogP contribution is 2.42. The lowest BCUT2D eigenvalue weighted by molar-refractivity contribution is -0.119. The number of carbonyl (C=O) groups is 1. The summed E-state index contributed by atoms with van der Waals surface area (Å²) in [7, 11) is 3.14. The quantitative estimate of drug-likeness (QED) is 0.190. The van der Waals surface area contributed by atoms with Crippen molar-refractivity contribution < 1.29 is 19.4 Å². The number of halogens is 2. The summed E-state index contributed by atoms with van der Waals surface area (Å²) in [6, 6.07) is 11.5. The van der Waals surface area contributed by atoms with E-state index in [2.05, 4.69) is 20.5 Å². The van der Waals surface area contributed by atoms with Gasteiger partial charge >= 0.3 is 0 Å². The highest BCUT2D eigenvalue weighted by molar-refractivity contribution is 6.39. The third-order valence-corrected chi connectivity index (χ3v) is 9.74. The molecule has 6 rings (SSSR count). The summed E-state index contributed by atoms with van der Waals surface area (Å²) in [4.78, 5) is 32.6. The Morgan fingerprint density at radius 2 is 1.46 bits per heavy atom. The van der Waals surface area contributed by atoms with Crippen LogP contribution < -0.4 is 20.1 Å². The van der Waals surface area contributed by atoms with E-state index in [0.717, 1.165) is 36.3 Å². The van der Waals surface area contributed by atoms with Gasteiger partial charge < -0.3 is 25.2 Å². The lowest BCUT2D eigenvalue weighted by Gasteiger charge is -2.35. The molecule has 2 aromatic heterocycles. The zero-order valence-electron chi connectivity index (χ0n) is 27.2. The summed E-state index contributed by atoms with van der Waals surface area (Å²) in [6.45, 7) is 5.08. The van der Waals surface area contributed by atoms with Gasteiger partial charge in [0.2, 0.25) is 17.7 Å². The maximum absolute atomic E-state index is 11.5. The number of aromatic nitrogens is 4. The van der Waals surface area contributed by atoms with Crippen LogP contribution in [0.2, 0.25) is 10.0 Å². The van der Waals surface area contributed by atoms with Gasteiger partial charge in [0.15, 0.2) is 0 Å². The number of rotatable bonds is 11. The molecule has 0 unspecified atom stereocenters. The molecule has 2 fully saturated rings. The first kappa shape index (κ1) is 34.0. The number of aliphatic hydroxyl groups is 1. The Kier molecular flexibility index (Phi) is 10.4. The molecule has 2 aliphatic rings. The minimum Gasteiger partial charge on any atom is -0.480 e. The number of hydrogen-bond donors (Lipinski definition) is 3. The molecule has 0 aliphatic carbocycles. The van der Waals surface area contributed by atoms with E-state index in [-0.39, 0.29) is 11.9 Å². The van der Waals surface area contributed by atoms with Gasteiger partial charge in [0.1, 0.15) is 11.4 Å². The van der Waals surface area contributed by atoms with Crippen molar-refractivity contribution in [3.05, 3.63) is 70.2 Å². The average molecular weight is 693 g/mol. The predicted molar refractivity (Wildman–Crippen MR) is 185 cm³/mol. The molecule has 2 saturated heterocycles. The van der Waals surface area contributed by atoms with E-state index in [1.165, 1.54) is 0 Å². The van der Waals surface area contributed by atoms with Gasteiger partial charge in [-0.25, -0.2) is 9.97 Å². The van der Waals surface area contributed by atoms with Gasteiger partial charge in [-0.15, -0.1) is 0 Å². The maximum atomic E-state index is 11.5. The van der Waals surface area contributed by atoms with Crippen molar-refractivity contribution in [2.45, 2.75) is 57.3 Å². The molecular formula is C35H39Cl2N7O4. The molecule has 0 saturated carbocycles. The van der Waals surface area contributed by atoms with Crippen LogP contribution in [-0.4, -0.2) is 81.3 Å². The molecule has 4 aromatic rings. The Morgan fingerprint density at radius 1 is 0.917 bits per heavy atom. The molecule has 11 nitrogen and oxygen atoms in total. The van der Waals surface area contributed by atoms with E-state index >= 15 is 0 Å². The number of piperidine rings is 1. The SMILES string of the molecule is COc1nc(-c2cccc(-c3cccc(-c4cnc(CN5CCC(C)(O)CC5)c(OC)n4)c3Cl)c2Cl)cnc1CNC[C@@H]1CCC(=O)N1. The second-order valence-corrected chi connectivity index (χ2v) is 13.2. The van der Waals surface area contributed by atoms with Crippen molar-refractivity contribution in [2.75, 3.05) is 33.9 Å². The standard InChI is InChI=1S/C35H39Cl2N7O4/c1-35(46)12-14-44(15-13-35)20-29-34(48-3)43-27(19-40-29)25-9-5-7-23(32(25)37)22-6-4-8-24(31(22)36)26-18-39-28(33(42-26)47-2)17-38-16-21-10-11-30(45)41-21/h4-9,18-19,21,38,46H,10-17,20H2,1-3H3,(H,41,45)/t21-/m0/s1. The van der Waals surface area contributed by atoms with E-state index in [0.29, 0.717) is 88.9 Å². The number of ether oxygens (including phenoxy) is 2. The van der Waals surface area contributed by atoms with E-state index in [9.17, 15) is 9.90 Å². The number of nitrogens with one attached hydrogen (secondary N) is 2. The third kappa shape index (κ3) is 7.55. The van der Waals surface area contributed by atoms with Gasteiger partial charge in [-0.1, -0.05) is 59.6 Å².